The Morgan fingerprint density at radius 1 is 1.36 bits per heavy atom. The smallest absolute Gasteiger partial charge is 0.101 e. The molecule has 1 unspecified atom stereocenters. The Hall–Kier alpha value is -0.930. The third-order valence-corrected chi connectivity index (χ3v) is 2.11. The van der Waals surface area contributed by atoms with Gasteiger partial charge in [-0.05, 0) is 24.5 Å². The number of rotatable bonds is 5. The van der Waals surface area contributed by atoms with E-state index in [9.17, 15) is 4.39 Å². The summed E-state index contributed by atoms with van der Waals surface area (Å²) in [4.78, 5) is 4.51. The van der Waals surface area contributed by atoms with Gasteiger partial charge in [0.05, 0.1) is 6.61 Å². The van der Waals surface area contributed by atoms with E-state index in [1.807, 2.05) is 24.3 Å². The van der Waals surface area contributed by atoms with E-state index in [2.05, 4.69) is 4.84 Å². The van der Waals surface area contributed by atoms with Crippen LogP contribution >= 0.6 is 0 Å². The van der Waals surface area contributed by atoms with Gasteiger partial charge in [-0.3, -0.25) is 0 Å². The lowest BCUT2D eigenvalue weighted by Crippen LogP contribution is -2.07. The van der Waals surface area contributed by atoms with Gasteiger partial charge in [0, 0.05) is 6.42 Å². The van der Waals surface area contributed by atoms with Crippen LogP contribution in [-0.2, 0) is 17.7 Å². The van der Waals surface area contributed by atoms with Crippen LogP contribution in [0.2, 0.25) is 0 Å². The lowest BCUT2D eigenvalue weighted by molar-refractivity contribution is 0.141. The van der Waals surface area contributed by atoms with Gasteiger partial charge in [0.2, 0.25) is 0 Å². The molecule has 1 rings (SSSR count). The maximum Gasteiger partial charge on any atom is 0.101 e. The molecular weight excluding hydrogens is 181 g/mol. The first kappa shape index (κ1) is 11.1. The monoisotopic (exact) mass is 197 g/mol. The Morgan fingerprint density at radius 3 is 2.57 bits per heavy atom. The second-order valence-corrected chi connectivity index (χ2v) is 3.37. The summed E-state index contributed by atoms with van der Waals surface area (Å²) in [7, 11) is 0. The van der Waals surface area contributed by atoms with Crippen molar-refractivity contribution in [1.29, 1.82) is 0 Å². The molecule has 1 aromatic carbocycles. The third kappa shape index (κ3) is 3.44. The van der Waals surface area contributed by atoms with Crippen LogP contribution < -0.4 is 5.90 Å². The van der Waals surface area contributed by atoms with Gasteiger partial charge in [0.15, 0.2) is 0 Å². The molecule has 2 N–H and O–H groups in total. The summed E-state index contributed by atoms with van der Waals surface area (Å²) in [6.45, 7) is 2.04. The SMILES string of the molecule is CC(F)Cc1ccccc1CCON. The first-order valence-corrected chi connectivity index (χ1v) is 4.76. The molecule has 0 amide bonds. The molecule has 0 spiro atoms. The van der Waals surface area contributed by atoms with Crippen molar-refractivity contribution < 1.29 is 9.23 Å². The Kier molecular flexibility index (Phi) is 4.56. The molecule has 2 nitrogen and oxygen atoms in total. The molecule has 1 atom stereocenters. The van der Waals surface area contributed by atoms with E-state index in [1.54, 1.807) is 6.92 Å². The van der Waals surface area contributed by atoms with Gasteiger partial charge in [-0.1, -0.05) is 24.3 Å². The highest BCUT2D eigenvalue weighted by atomic mass is 19.1. The summed E-state index contributed by atoms with van der Waals surface area (Å²) < 4.78 is 12.8. The van der Waals surface area contributed by atoms with E-state index in [0.717, 1.165) is 17.5 Å². The number of nitrogens with two attached hydrogens (primary N) is 1. The zero-order valence-corrected chi connectivity index (χ0v) is 8.37. The van der Waals surface area contributed by atoms with Crippen LogP contribution in [0.1, 0.15) is 18.1 Å². The molecule has 14 heavy (non-hydrogen) atoms. The van der Waals surface area contributed by atoms with Crippen molar-refractivity contribution in [2.45, 2.75) is 25.9 Å². The number of alkyl halides is 1. The second kappa shape index (κ2) is 5.73. The lowest BCUT2D eigenvalue weighted by atomic mass is 10.0. The van der Waals surface area contributed by atoms with E-state index in [4.69, 9.17) is 5.90 Å². The van der Waals surface area contributed by atoms with E-state index < -0.39 is 6.17 Å². The van der Waals surface area contributed by atoms with E-state index in [1.165, 1.54) is 0 Å². The summed E-state index contributed by atoms with van der Waals surface area (Å²) in [5.41, 5.74) is 2.15. The fourth-order valence-corrected chi connectivity index (χ4v) is 1.47. The van der Waals surface area contributed by atoms with Crippen molar-refractivity contribution in [3.8, 4) is 0 Å². The largest absolute Gasteiger partial charge is 0.304 e. The summed E-state index contributed by atoms with van der Waals surface area (Å²) in [5, 5.41) is 0. The third-order valence-electron chi connectivity index (χ3n) is 2.11. The molecule has 0 fully saturated rings. The maximum atomic E-state index is 12.8. The highest BCUT2D eigenvalue weighted by molar-refractivity contribution is 5.27. The quantitative estimate of drug-likeness (QED) is 0.733. The second-order valence-electron chi connectivity index (χ2n) is 3.37. The van der Waals surface area contributed by atoms with Crippen LogP contribution in [0.25, 0.3) is 0 Å². The van der Waals surface area contributed by atoms with Crippen molar-refractivity contribution in [2.24, 2.45) is 5.90 Å². The summed E-state index contributed by atoms with van der Waals surface area (Å²) >= 11 is 0. The first-order valence-electron chi connectivity index (χ1n) is 4.76. The van der Waals surface area contributed by atoms with Crippen molar-refractivity contribution >= 4 is 0 Å². The normalized spacial score (nSPS) is 12.8. The summed E-state index contributed by atoms with van der Waals surface area (Å²) in [6.07, 6.45) is 0.384. The predicted octanol–water partition coefficient (Wildman–Crippen LogP) is 2.02. The van der Waals surface area contributed by atoms with E-state index >= 15 is 0 Å². The van der Waals surface area contributed by atoms with Crippen LogP contribution in [0.5, 0.6) is 0 Å². The number of benzene rings is 1. The molecule has 0 saturated carbocycles. The number of hydrogen-bond acceptors (Lipinski definition) is 2. The molecule has 0 saturated heterocycles. The minimum atomic E-state index is -0.810. The topological polar surface area (TPSA) is 35.2 Å². The molecule has 1 aromatic rings. The maximum absolute atomic E-state index is 12.8. The first-order chi connectivity index (χ1) is 6.74. The summed E-state index contributed by atoms with van der Waals surface area (Å²) in [5.74, 6) is 4.95. The fourth-order valence-electron chi connectivity index (χ4n) is 1.47. The highest BCUT2D eigenvalue weighted by Crippen LogP contribution is 2.13. The lowest BCUT2D eigenvalue weighted by Gasteiger charge is -2.09. The predicted molar refractivity (Wildman–Crippen MR) is 54.6 cm³/mol. The number of halogens is 1. The Bertz CT molecular complexity index is 276. The Morgan fingerprint density at radius 2 is 2.00 bits per heavy atom. The van der Waals surface area contributed by atoms with Gasteiger partial charge in [-0.2, -0.15) is 0 Å². The van der Waals surface area contributed by atoms with Crippen LogP contribution in [-0.4, -0.2) is 12.8 Å². The molecule has 3 heteroatoms. The molecule has 0 aromatic heterocycles. The van der Waals surface area contributed by atoms with Gasteiger partial charge in [-0.15, -0.1) is 0 Å². The Labute approximate surface area is 83.8 Å². The fraction of sp³-hybridized carbons (Fsp3) is 0.455. The molecule has 0 heterocycles. The summed E-state index contributed by atoms with van der Waals surface area (Å²) in [6, 6.07) is 7.79. The van der Waals surface area contributed by atoms with Crippen LogP contribution in [0.4, 0.5) is 4.39 Å². The average molecular weight is 197 g/mol. The van der Waals surface area contributed by atoms with E-state index in [0.29, 0.717) is 13.0 Å². The molecule has 78 valence electrons. The minimum absolute atomic E-state index is 0.459. The minimum Gasteiger partial charge on any atom is -0.304 e. The van der Waals surface area contributed by atoms with Gasteiger partial charge in [0.25, 0.3) is 0 Å². The van der Waals surface area contributed by atoms with Gasteiger partial charge in [0.1, 0.15) is 6.17 Å². The Balaban J connectivity index is 2.69. The van der Waals surface area contributed by atoms with Crippen molar-refractivity contribution in [3.63, 3.8) is 0 Å². The molecule has 0 bridgehead atoms. The number of hydrogen-bond donors (Lipinski definition) is 1. The zero-order valence-electron chi connectivity index (χ0n) is 8.37. The zero-order chi connectivity index (χ0) is 10.4. The van der Waals surface area contributed by atoms with E-state index in [-0.39, 0.29) is 0 Å². The van der Waals surface area contributed by atoms with Crippen LogP contribution in [0, 0.1) is 0 Å². The molecule has 0 aliphatic heterocycles. The molecular formula is C11H16FNO. The van der Waals surface area contributed by atoms with Crippen molar-refractivity contribution in [1.82, 2.24) is 0 Å². The van der Waals surface area contributed by atoms with Gasteiger partial charge < -0.3 is 4.84 Å². The standard InChI is InChI=1S/C11H16FNO/c1-9(12)8-11-5-3-2-4-10(11)6-7-14-13/h2-5,9H,6-8,13H2,1H3. The highest BCUT2D eigenvalue weighted by Gasteiger charge is 2.05. The van der Waals surface area contributed by atoms with Gasteiger partial charge in [-0.25, -0.2) is 10.3 Å². The van der Waals surface area contributed by atoms with Crippen LogP contribution in [0.15, 0.2) is 24.3 Å². The van der Waals surface area contributed by atoms with Gasteiger partial charge >= 0.3 is 0 Å². The molecule has 0 aliphatic rings. The van der Waals surface area contributed by atoms with Crippen molar-refractivity contribution in [2.75, 3.05) is 6.61 Å². The molecule has 0 radical (unpaired) electrons. The average Bonchev–Trinajstić information content (AvgIpc) is 2.16. The van der Waals surface area contributed by atoms with Crippen molar-refractivity contribution in [3.05, 3.63) is 35.4 Å². The molecule has 0 aliphatic carbocycles. The van der Waals surface area contributed by atoms with Crippen LogP contribution in [0.3, 0.4) is 0 Å².